The molecule has 0 aliphatic carbocycles. The smallest absolute Gasteiger partial charge is 0.290 e. The number of phosphoric ester groups is 1. The minimum Gasteiger partial charge on any atom is -0.290 e. The van der Waals surface area contributed by atoms with Crippen LogP contribution in [0, 0.1) is 0 Å². The molecule has 0 aromatic heterocycles. The van der Waals surface area contributed by atoms with Crippen LogP contribution >= 0.6 is 39.7 Å². The van der Waals surface area contributed by atoms with E-state index >= 15 is 0 Å². The lowest BCUT2D eigenvalue weighted by molar-refractivity contribution is 0.137. The van der Waals surface area contributed by atoms with Gasteiger partial charge in [-0.3, -0.25) is 13.6 Å². The number of hydrogen-bond acceptors (Lipinski definition) is 4. The van der Waals surface area contributed by atoms with Crippen molar-refractivity contribution >= 4 is 39.7 Å². The Kier molecular flexibility index (Phi) is 9.07. The summed E-state index contributed by atoms with van der Waals surface area (Å²) < 4.78 is 26.1. The predicted octanol–water partition coefficient (Wildman–Crippen LogP) is 2.95. The van der Waals surface area contributed by atoms with Gasteiger partial charge in [-0.15, -0.1) is 0 Å². The molecule has 0 aliphatic rings. The average molecular weight is 340 g/mol. The largest absolute Gasteiger partial charge is 0.474 e. The molecule has 0 fully saturated rings. The molecule has 4 nitrogen and oxygen atoms in total. The van der Waals surface area contributed by atoms with E-state index in [9.17, 15) is 4.57 Å². The van der Waals surface area contributed by atoms with Crippen LogP contribution in [0.1, 0.15) is 6.42 Å². The predicted molar refractivity (Wildman–Crippen MR) is 58.7 cm³/mol. The summed E-state index contributed by atoms with van der Waals surface area (Å²) >= 11 is 6.38. The van der Waals surface area contributed by atoms with Crippen molar-refractivity contribution in [2.24, 2.45) is 0 Å². The van der Waals surface area contributed by atoms with Crippen LogP contribution < -0.4 is 0 Å². The molecule has 0 heterocycles. The molecule has 0 bridgehead atoms. The van der Waals surface area contributed by atoms with Gasteiger partial charge >= 0.3 is 7.82 Å². The van der Waals surface area contributed by atoms with Gasteiger partial charge in [0.05, 0.1) is 13.2 Å². The van der Waals surface area contributed by atoms with E-state index in [-0.39, 0.29) is 0 Å². The summed E-state index contributed by atoms with van der Waals surface area (Å²) in [6.07, 6.45) is 0.769. The Labute approximate surface area is 95.2 Å². The quantitative estimate of drug-likeness (QED) is 0.387. The van der Waals surface area contributed by atoms with Crippen molar-refractivity contribution in [1.82, 2.24) is 0 Å². The van der Waals surface area contributed by atoms with Crippen LogP contribution in [0.3, 0.4) is 0 Å². The van der Waals surface area contributed by atoms with Crippen molar-refractivity contribution in [2.75, 3.05) is 31.0 Å². The average Bonchev–Trinajstić information content (AvgIpc) is 2.15. The Hall–Kier alpha value is 1.07. The summed E-state index contributed by atoms with van der Waals surface area (Å²) in [4.78, 5) is 0. The van der Waals surface area contributed by atoms with E-state index in [1.165, 1.54) is 7.11 Å². The lowest BCUT2D eigenvalue weighted by Gasteiger charge is -2.14. The summed E-state index contributed by atoms with van der Waals surface area (Å²) in [5.41, 5.74) is 0. The molecule has 7 heteroatoms. The zero-order chi connectivity index (χ0) is 10.2. The number of alkyl halides is 2. The SMILES string of the molecule is COP(=O)(OCCBr)OCCCBr. The molecule has 0 rings (SSSR count). The maximum absolute atomic E-state index is 11.5. The zero-order valence-electron chi connectivity index (χ0n) is 7.37. The van der Waals surface area contributed by atoms with Crippen LogP contribution in [0.2, 0.25) is 0 Å². The highest BCUT2D eigenvalue weighted by atomic mass is 79.9. The molecule has 0 saturated carbocycles. The van der Waals surface area contributed by atoms with Gasteiger partial charge < -0.3 is 0 Å². The van der Waals surface area contributed by atoms with E-state index in [0.717, 1.165) is 11.8 Å². The van der Waals surface area contributed by atoms with Crippen LogP contribution in [0.5, 0.6) is 0 Å². The van der Waals surface area contributed by atoms with Gasteiger partial charge in [-0.05, 0) is 6.42 Å². The fourth-order valence-electron chi connectivity index (χ4n) is 0.520. The van der Waals surface area contributed by atoms with Crippen LogP contribution in [0.25, 0.3) is 0 Å². The second-order valence-electron chi connectivity index (χ2n) is 2.03. The number of phosphoric acid groups is 1. The first-order chi connectivity index (χ1) is 6.18. The molecular weight excluding hydrogens is 327 g/mol. The molecule has 0 N–H and O–H groups in total. The summed E-state index contributed by atoms with van der Waals surface area (Å²) in [5.74, 6) is 0. The number of rotatable bonds is 8. The maximum atomic E-state index is 11.5. The van der Waals surface area contributed by atoms with Gasteiger partial charge in [0.25, 0.3) is 0 Å². The second-order valence-corrected chi connectivity index (χ2v) is 5.39. The zero-order valence-corrected chi connectivity index (χ0v) is 11.4. The lowest BCUT2D eigenvalue weighted by atomic mass is 10.5. The first-order valence-corrected chi connectivity index (χ1v) is 7.45. The second kappa shape index (κ2) is 8.38. The highest BCUT2D eigenvalue weighted by Gasteiger charge is 2.23. The molecule has 1 atom stereocenters. The van der Waals surface area contributed by atoms with Gasteiger partial charge in [-0.25, -0.2) is 4.57 Å². The fourth-order valence-corrected chi connectivity index (χ4v) is 2.11. The Morgan fingerprint density at radius 1 is 1.15 bits per heavy atom. The number of halogens is 2. The van der Waals surface area contributed by atoms with E-state index < -0.39 is 7.82 Å². The number of hydrogen-bond donors (Lipinski definition) is 0. The molecule has 0 aliphatic heterocycles. The minimum atomic E-state index is -3.30. The molecular formula is C6H13Br2O4P. The molecule has 1 unspecified atom stereocenters. The van der Waals surface area contributed by atoms with Gasteiger partial charge in [0.2, 0.25) is 0 Å². The topological polar surface area (TPSA) is 44.8 Å². The van der Waals surface area contributed by atoms with E-state index in [4.69, 9.17) is 9.05 Å². The molecule has 0 spiro atoms. The molecule has 0 aromatic carbocycles. The Morgan fingerprint density at radius 3 is 2.23 bits per heavy atom. The molecule has 80 valence electrons. The first-order valence-electron chi connectivity index (χ1n) is 3.75. The van der Waals surface area contributed by atoms with Crippen molar-refractivity contribution in [3.05, 3.63) is 0 Å². The van der Waals surface area contributed by atoms with Gasteiger partial charge in [-0.2, -0.15) is 0 Å². The third-order valence-electron chi connectivity index (χ3n) is 1.08. The summed E-state index contributed by atoms with van der Waals surface area (Å²) in [5, 5.41) is 1.40. The lowest BCUT2D eigenvalue weighted by Crippen LogP contribution is -2.01. The minimum absolute atomic E-state index is 0.305. The van der Waals surface area contributed by atoms with Crippen LogP contribution in [0.15, 0.2) is 0 Å². The molecule has 0 aromatic rings. The van der Waals surface area contributed by atoms with Gasteiger partial charge in [0.15, 0.2) is 0 Å². The third kappa shape index (κ3) is 7.05. The van der Waals surface area contributed by atoms with Crippen LogP contribution in [0.4, 0.5) is 0 Å². The summed E-state index contributed by atoms with van der Waals surface area (Å²) in [6.45, 7) is 0.665. The van der Waals surface area contributed by atoms with Crippen LogP contribution in [-0.4, -0.2) is 31.0 Å². The van der Waals surface area contributed by atoms with Gasteiger partial charge in [-0.1, -0.05) is 31.9 Å². The van der Waals surface area contributed by atoms with Crippen molar-refractivity contribution in [3.8, 4) is 0 Å². The normalized spacial score (nSPS) is 15.6. The highest BCUT2D eigenvalue weighted by Crippen LogP contribution is 2.48. The standard InChI is InChI=1S/C6H13Br2O4P/c1-10-13(9,12-6-4-8)11-5-2-3-7/h2-6H2,1H3. The van der Waals surface area contributed by atoms with Gasteiger partial charge in [0.1, 0.15) is 0 Å². The van der Waals surface area contributed by atoms with E-state index in [1.807, 2.05) is 0 Å². The molecule has 0 amide bonds. The monoisotopic (exact) mass is 338 g/mol. The summed E-state index contributed by atoms with van der Waals surface area (Å²) in [6, 6.07) is 0. The van der Waals surface area contributed by atoms with E-state index in [0.29, 0.717) is 18.5 Å². The summed E-state index contributed by atoms with van der Waals surface area (Å²) in [7, 11) is -1.99. The van der Waals surface area contributed by atoms with E-state index in [1.54, 1.807) is 0 Å². The maximum Gasteiger partial charge on any atom is 0.474 e. The molecule has 13 heavy (non-hydrogen) atoms. The highest BCUT2D eigenvalue weighted by molar-refractivity contribution is 9.09. The first kappa shape index (κ1) is 14.1. The molecule has 0 saturated heterocycles. The van der Waals surface area contributed by atoms with E-state index in [2.05, 4.69) is 36.4 Å². The van der Waals surface area contributed by atoms with Crippen LogP contribution in [-0.2, 0) is 18.1 Å². The fraction of sp³-hybridized carbons (Fsp3) is 1.00. The van der Waals surface area contributed by atoms with Crippen molar-refractivity contribution in [1.29, 1.82) is 0 Å². The Morgan fingerprint density at radius 2 is 1.77 bits per heavy atom. The van der Waals surface area contributed by atoms with Crippen molar-refractivity contribution < 1.29 is 18.1 Å². The van der Waals surface area contributed by atoms with Crippen molar-refractivity contribution in [3.63, 3.8) is 0 Å². The van der Waals surface area contributed by atoms with Gasteiger partial charge in [0, 0.05) is 17.8 Å². The molecule has 0 radical (unpaired) electrons. The Balaban J connectivity index is 3.75. The Bertz CT molecular complexity index is 167. The van der Waals surface area contributed by atoms with Crippen molar-refractivity contribution in [2.45, 2.75) is 6.42 Å². The third-order valence-corrected chi connectivity index (χ3v) is 3.41.